The van der Waals surface area contributed by atoms with E-state index < -0.39 is 0 Å². The summed E-state index contributed by atoms with van der Waals surface area (Å²) >= 11 is 12.6. The molecule has 0 bridgehead atoms. The van der Waals surface area contributed by atoms with Gasteiger partial charge in [0.05, 0.1) is 10.7 Å². The maximum Gasteiger partial charge on any atom is 0.289 e. The number of carbonyl (C=O) groups excluding carboxylic acids is 1. The third-order valence-corrected chi connectivity index (χ3v) is 5.56. The van der Waals surface area contributed by atoms with Gasteiger partial charge in [0, 0.05) is 30.2 Å². The second-order valence-corrected chi connectivity index (χ2v) is 8.01. The van der Waals surface area contributed by atoms with Gasteiger partial charge in [-0.15, -0.1) is 12.4 Å². The van der Waals surface area contributed by atoms with Crippen molar-refractivity contribution in [3.8, 4) is 22.7 Å². The molecule has 3 aromatic rings. The molecule has 4 rings (SSSR count). The summed E-state index contributed by atoms with van der Waals surface area (Å²) in [5.74, 6) is 0.0133. The van der Waals surface area contributed by atoms with Crippen molar-refractivity contribution >= 4 is 41.5 Å². The molecule has 1 aliphatic heterocycles. The van der Waals surface area contributed by atoms with Crippen molar-refractivity contribution < 1.29 is 9.53 Å². The fraction of sp³-hybridized carbons (Fsp3) is 0.273. The number of hydrazine groups is 1. The van der Waals surface area contributed by atoms with E-state index in [4.69, 9.17) is 33.7 Å². The molecule has 1 amide bonds. The SMILES string of the molecule is Cl.NCCOc1c(C(=O)NN2CCCC2)nn(-c2ccccc2Cl)c1-c1ccc(Cl)cc1. The monoisotopic (exact) mass is 495 g/mol. The molecule has 2 aromatic carbocycles. The lowest BCUT2D eigenvalue weighted by molar-refractivity contribution is 0.0816. The summed E-state index contributed by atoms with van der Waals surface area (Å²) in [5, 5.41) is 7.62. The predicted molar refractivity (Wildman–Crippen MR) is 129 cm³/mol. The highest BCUT2D eigenvalue weighted by molar-refractivity contribution is 6.32. The summed E-state index contributed by atoms with van der Waals surface area (Å²) < 4.78 is 7.60. The van der Waals surface area contributed by atoms with Crippen LogP contribution in [0.2, 0.25) is 10.0 Å². The first kappa shape index (κ1) is 24.4. The number of hydrogen-bond acceptors (Lipinski definition) is 5. The zero-order valence-corrected chi connectivity index (χ0v) is 19.6. The molecule has 1 aromatic heterocycles. The molecule has 2 heterocycles. The highest BCUT2D eigenvalue weighted by Gasteiger charge is 2.28. The van der Waals surface area contributed by atoms with E-state index in [0.29, 0.717) is 33.7 Å². The van der Waals surface area contributed by atoms with Crippen LogP contribution in [0.1, 0.15) is 23.3 Å². The Hall–Kier alpha value is -2.29. The second-order valence-electron chi connectivity index (χ2n) is 7.17. The van der Waals surface area contributed by atoms with Crippen LogP contribution in [0.4, 0.5) is 0 Å². The quantitative estimate of drug-likeness (QED) is 0.508. The average molecular weight is 497 g/mol. The maximum absolute atomic E-state index is 13.2. The number of carbonyl (C=O) groups is 1. The van der Waals surface area contributed by atoms with E-state index >= 15 is 0 Å². The van der Waals surface area contributed by atoms with Gasteiger partial charge < -0.3 is 10.5 Å². The van der Waals surface area contributed by atoms with Gasteiger partial charge in [0.2, 0.25) is 0 Å². The van der Waals surface area contributed by atoms with E-state index in [1.165, 1.54) is 0 Å². The number of benzene rings is 2. The molecule has 0 unspecified atom stereocenters. The van der Waals surface area contributed by atoms with Crippen LogP contribution in [0.15, 0.2) is 48.5 Å². The van der Waals surface area contributed by atoms with E-state index in [9.17, 15) is 4.79 Å². The van der Waals surface area contributed by atoms with Gasteiger partial charge in [0.25, 0.3) is 5.91 Å². The Kier molecular flexibility index (Phi) is 8.39. The fourth-order valence-corrected chi connectivity index (χ4v) is 3.88. The number of para-hydroxylation sites is 1. The molecule has 0 atom stereocenters. The van der Waals surface area contributed by atoms with Crippen LogP contribution < -0.4 is 15.9 Å². The maximum atomic E-state index is 13.2. The Morgan fingerprint density at radius 3 is 2.44 bits per heavy atom. The molecule has 0 aliphatic carbocycles. The number of hydrogen-bond donors (Lipinski definition) is 2. The molecular formula is C22H24Cl3N5O2. The summed E-state index contributed by atoms with van der Waals surface area (Å²) in [6.45, 7) is 2.14. The van der Waals surface area contributed by atoms with Crippen molar-refractivity contribution in [2.75, 3.05) is 26.2 Å². The van der Waals surface area contributed by atoms with Gasteiger partial charge in [-0.2, -0.15) is 5.10 Å². The number of rotatable bonds is 7. The first-order chi connectivity index (χ1) is 15.1. The van der Waals surface area contributed by atoms with Crippen molar-refractivity contribution in [2.24, 2.45) is 5.73 Å². The fourth-order valence-electron chi connectivity index (χ4n) is 3.53. The minimum atomic E-state index is -0.338. The Balaban J connectivity index is 0.00000289. The largest absolute Gasteiger partial charge is 0.487 e. The molecule has 32 heavy (non-hydrogen) atoms. The number of ether oxygens (including phenoxy) is 1. The van der Waals surface area contributed by atoms with Crippen LogP contribution in [-0.4, -0.2) is 46.9 Å². The molecular weight excluding hydrogens is 473 g/mol. The van der Waals surface area contributed by atoms with Crippen molar-refractivity contribution in [1.29, 1.82) is 0 Å². The lowest BCUT2D eigenvalue weighted by atomic mass is 10.1. The van der Waals surface area contributed by atoms with E-state index in [-0.39, 0.29) is 30.6 Å². The first-order valence-electron chi connectivity index (χ1n) is 10.1. The van der Waals surface area contributed by atoms with E-state index in [2.05, 4.69) is 10.5 Å². The zero-order chi connectivity index (χ0) is 21.8. The molecule has 7 nitrogen and oxygen atoms in total. The first-order valence-corrected chi connectivity index (χ1v) is 10.9. The highest BCUT2D eigenvalue weighted by atomic mass is 35.5. The standard InChI is InChI=1S/C22H23Cl2N5O2.ClH/c23-16-9-7-15(8-10-16)20-21(31-14-11-25)19(22(30)27-28-12-3-4-13-28)26-29(20)18-6-2-1-5-17(18)24;/h1-2,5-10H,3-4,11-14,25H2,(H,27,30);1H. The highest BCUT2D eigenvalue weighted by Crippen LogP contribution is 2.37. The Labute approximate surface area is 202 Å². The number of aromatic nitrogens is 2. The van der Waals surface area contributed by atoms with Crippen LogP contribution in [0.25, 0.3) is 16.9 Å². The average Bonchev–Trinajstić information content (AvgIpc) is 3.41. The Bertz CT molecular complexity index is 1070. The Morgan fingerprint density at radius 1 is 1.09 bits per heavy atom. The van der Waals surface area contributed by atoms with Gasteiger partial charge in [-0.3, -0.25) is 10.2 Å². The van der Waals surface area contributed by atoms with Gasteiger partial charge in [-0.1, -0.05) is 47.5 Å². The van der Waals surface area contributed by atoms with Gasteiger partial charge in [-0.05, 0) is 37.1 Å². The van der Waals surface area contributed by atoms with Gasteiger partial charge in [0.15, 0.2) is 11.4 Å². The summed E-state index contributed by atoms with van der Waals surface area (Å²) in [6, 6.07) is 14.6. The topological polar surface area (TPSA) is 85.4 Å². The normalized spacial score (nSPS) is 13.6. The minimum Gasteiger partial charge on any atom is -0.487 e. The summed E-state index contributed by atoms with van der Waals surface area (Å²) in [7, 11) is 0. The summed E-state index contributed by atoms with van der Waals surface area (Å²) in [6.07, 6.45) is 2.09. The number of nitrogens with one attached hydrogen (secondary N) is 1. The van der Waals surface area contributed by atoms with Crippen molar-refractivity contribution in [2.45, 2.75) is 12.8 Å². The van der Waals surface area contributed by atoms with Crippen LogP contribution in [0, 0.1) is 0 Å². The van der Waals surface area contributed by atoms with Crippen LogP contribution in [0.5, 0.6) is 5.75 Å². The molecule has 1 fully saturated rings. The summed E-state index contributed by atoms with van der Waals surface area (Å²) in [4.78, 5) is 13.2. The number of halogens is 3. The van der Waals surface area contributed by atoms with E-state index in [1.807, 2.05) is 35.3 Å². The lowest BCUT2D eigenvalue weighted by Crippen LogP contribution is -2.40. The number of amides is 1. The van der Waals surface area contributed by atoms with Gasteiger partial charge >= 0.3 is 0 Å². The number of nitrogens with two attached hydrogens (primary N) is 1. The Morgan fingerprint density at radius 2 is 1.78 bits per heavy atom. The molecule has 170 valence electrons. The molecule has 0 radical (unpaired) electrons. The van der Waals surface area contributed by atoms with Gasteiger partial charge in [-0.25, -0.2) is 9.69 Å². The zero-order valence-electron chi connectivity index (χ0n) is 17.3. The molecule has 0 saturated carbocycles. The molecule has 1 aliphatic rings. The lowest BCUT2D eigenvalue weighted by Gasteiger charge is -2.16. The third kappa shape index (κ3) is 5.19. The van der Waals surface area contributed by atoms with Crippen molar-refractivity contribution in [1.82, 2.24) is 20.2 Å². The molecule has 3 N–H and O–H groups in total. The second kappa shape index (κ2) is 11.0. The molecule has 1 saturated heterocycles. The molecule has 0 spiro atoms. The predicted octanol–water partition coefficient (Wildman–Crippen LogP) is 4.35. The van der Waals surface area contributed by atoms with Crippen LogP contribution >= 0.6 is 35.6 Å². The smallest absolute Gasteiger partial charge is 0.289 e. The van der Waals surface area contributed by atoms with Crippen LogP contribution in [0.3, 0.4) is 0 Å². The van der Waals surface area contributed by atoms with Crippen molar-refractivity contribution in [3.05, 3.63) is 64.3 Å². The summed E-state index contributed by atoms with van der Waals surface area (Å²) in [5.41, 5.74) is 10.8. The third-order valence-electron chi connectivity index (χ3n) is 4.99. The van der Waals surface area contributed by atoms with Gasteiger partial charge in [0.1, 0.15) is 12.3 Å². The van der Waals surface area contributed by atoms with E-state index in [1.54, 1.807) is 22.9 Å². The minimum absolute atomic E-state index is 0. The van der Waals surface area contributed by atoms with Crippen molar-refractivity contribution in [3.63, 3.8) is 0 Å². The van der Waals surface area contributed by atoms with Crippen LogP contribution in [-0.2, 0) is 0 Å². The van der Waals surface area contributed by atoms with E-state index in [0.717, 1.165) is 31.5 Å². The number of nitrogens with zero attached hydrogens (tertiary/aromatic N) is 3. The molecule has 10 heteroatoms.